The average Bonchev–Trinajstić information content (AvgIpc) is 3.01. The molecule has 1 aliphatic heterocycles. The number of benzene rings is 1. The molecule has 1 aliphatic rings. The van der Waals surface area contributed by atoms with Gasteiger partial charge in [-0.1, -0.05) is 50.8 Å². The maximum absolute atomic E-state index is 12.0. The van der Waals surface area contributed by atoms with Crippen LogP contribution in [0.2, 0.25) is 0 Å². The van der Waals surface area contributed by atoms with Crippen molar-refractivity contribution in [2.24, 2.45) is 10.2 Å². The molecule has 7 heteroatoms. The van der Waals surface area contributed by atoms with Crippen LogP contribution in [0.5, 0.6) is 11.5 Å². The summed E-state index contributed by atoms with van der Waals surface area (Å²) < 4.78 is 10.5. The lowest BCUT2D eigenvalue weighted by Crippen LogP contribution is -2.24. The van der Waals surface area contributed by atoms with Crippen molar-refractivity contribution < 1.29 is 14.3 Å². The fourth-order valence-corrected chi connectivity index (χ4v) is 3.63. The predicted octanol–water partition coefficient (Wildman–Crippen LogP) is 3.99. The number of amidine groups is 1. The lowest BCUT2D eigenvalue weighted by atomic mass is 10.1. The molecule has 2 rings (SSSR count). The van der Waals surface area contributed by atoms with Gasteiger partial charge in [-0.2, -0.15) is 5.10 Å². The number of unbranched alkanes of at least 4 members (excludes halogenated alkanes) is 4. The molecule has 0 bridgehead atoms. The SMILES string of the molecule is CCCCCCCC1S/C(=N\N=C\c2ccc(OC)c(OC)c2)NC1=O. The first-order valence-corrected chi connectivity index (χ1v) is 9.86. The molecule has 1 unspecified atom stereocenters. The van der Waals surface area contributed by atoms with Gasteiger partial charge in [0.2, 0.25) is 5.91 Å². The van der Waals surface area contributed by atoms with E-state index in [-0.39, 0.29) is 11.2 Å². The second-order valence-electron chi connectivity index (χ2n) is 6.06. The monoisotopic (exact) mass is 377 g/mol. The molecular weight excluding hydrogens is 350 g/mol. The van der Waals surface area contributed by atoms with Crippen LogP contribution >= 0.6 is 11.8 Å². The van der Waals surface area contributed by atoms with Gasteiger partial charge in [-0.15, -0.1) is 5.10 Å². The third-order valence-corrected chi connectivity index (χ3v) is 5.25. The maximum atomic E-state index is 12.0. The van der Waals surface area contributed by atoms with Crippen LogP contribution in [-0.4, -0.2) is 36.8 Å². The molecule has 1 fully saturated rings. The number of thioether (sulfide) groups is 1. The van der Waals surface area contributed by atoms with Crippen LogP contribution < -0.4 is 14.8 Å². The first-order valence-electron chi connectivity index (χ1n) is 8.98. The molecule has 1 aromatic carbocycles. The molecule has 0 spiro atoms. The number of carbonyl (C=O) groups excluding carboxylic acids is 1. The highest BCUT2D eigenvalue weighted by molar-refractivity contribution is 8.15. The maximum Gasteiger partial charge on any atom is 0.239 e. The molecule has 0 aromatic heterocycles. The number of hydrogen-bond donors (Lipinski definition) is 1. The predicted molar refractivity (Wildman–Crippen MR) is 107 cm³/mol. The third kappa shape index (κ3) is 6.05. The van der Waals surface area contributed by atoms with E-state index in [9.17, 15) is 4.79 Å². The minimum absolute atomic E-state index is 0.0329. The highest BCUT2D eigenvalue weighted by Gasteiger charge is 2.29. The number of nitrogens with one attached hydrogen (secondary N) is 1. The van der Waals surface area contributed by atoms with Crippen LogP contribution in [0, 0.1) is 0 Å². The van der Waals surface area contributed by atoms with Crippen molar-refractivity contribution in [2.75, 3.05) is 14.2 Å². The van der Waals surface area contributed by atoms with Gasteiger partial charge in [0.05, 0.1) is 25.7 Å². The number of nitrogens with zero attached hydrogens (tertiary/aromatic N) is 2. The lowest BCUT2D eigenvalue weighted by molar-refractivity contribution is -0.118. The first kappa shape index (κ1) is 20.3. The van der Waals surface area contributed by atoms with E-state index in [2.05, 4.69) is 22.4 Å². The Hall–Kier alpha value is -2.02. The fraction of sp³-hybridized carbons (Fsp3) is 0.526. The molecule has 1 amide bonds. The molecule has 0 aliphatic carbocycles. The van der Waals surface area contributed by atoms with Crippen molar-refractivity contribution in [3.8, 4) is 11.5 Å². The smallest absolute Gasteiger partial charge is 0.239 e. The molecule has 26 heavy (non-hydrogen) atoms. The Morgan fingerprint density at radius 1 is 1.15 bits per heavy atom. The molecule has 6 nitrogen and oxygen atoms in total. The molecule has 0 saturated carbocycles. The van der Waals surface area contributed by atoms with Gasteiger partial charge in [-0.3, -0.25) is 4.79 Å². The quantitative estimate of drug-likeness (QED) is 0.380. The van der Waals surface area contributed by atoms with Crippen molar-refractivity contribution in [2.45, 2.75) is 50.7 Å². The molecule has 142 valence electrons. The van der Waals surface area contributed by atoms with Crippen molar-refractivity contribution >= 4 is 29.1 Å². The second-order valence-corrected chi connectivity index (χ2v) is 7.25. The summed E-state index contributed by atoms with van der Waals surface area (Å²) in [6.45, 7) is 2.20. The number of methoxy groups -OCH3 is 2. The second kappa shape index (κ2) is 10.9. The van der Waals surface area contributed by atoms with Gasteiger partial charge in [0.1, 0.15) is 0 Å². The van der Waals surface area contributed by atoms with E-state index in [0.717, 1.165) is 18.4 Å². The Morgan fingerprint density at radius 3 is 2.65 bits per heavy atom. The molecule has 0 radical (unpaired) electrons. The Morgan fingerprint density at radius 2 is 1.92 bits per heavy atom. The summed E-state index contributed by atoms with van der Waals surface area (Å²) in [5, 5.41) is 11.5. The van der Waals surface area contributed by atoms with Crippen LogP contribution in [-0.2, 0) is 4.79 Å². The highest BCUT2D eigenvalue weighted by Crippen LogP contribution is 2.27. The number of amides is 1. The Bertz CT molecular complexity index is 661. The Balaban J connectivity index is 1.86. The zero-order chi connectivity index (χ0) is 18.8. The lowest BCUT2D eigenvalue weighted by Gasteiger charge is -2.07. The summed E-state index contributed by atoms with van der Waals surface area (Å²) in [6, 6.07) is 5.50. The zero-order valence-corrected chi connectivity index (χ0v) is 16.5. The summed E-state index contributed by atoms with van der Waals surface area (Å²) in [5.74, 6) is 1.33. The summed E-state index contributed by atoms with van der Waals surface area (Å²) in [7, 11) is 3.18. The minimum Gasteiger partial charge on any atom is -0.493 e. The van der Waals surface area contributed by atoms with E-state index in [0.29, 0.717) is 16.7 Å². The van der Waals surface area contributed by atoms with E-state index in [4.69, 9.17) is 9.47 Å². The molecule has 1 saturated heterocycles. The van der Waals surface area contributed by atoms with Gasteiger partial charge in [0.25, 0.3) is 0 Å². The number of rotatable bonds is 10. The largest absolute Gasteiger partial charge is 0.493 e. The van der Waals surface area contributed by atoms with E-state index >= 15 is 0 Å². The van der Waals surface area contributed by atoms with Gasteiger partial charge < -0.3 is 14.8 Å². The summed E-state index contributed by atoms with van der Waals surface area (Å²) in [6.07, 6.45) is 8.51. The van der Waals surface area contributed by atoms with Crippen molar-refractivity contribution in [3.05, 3.63) is 23.8 Å². The van der Waals surface area contributed by atoms with Crippen LogP contribution in [0.3, 0.4) is 0 Å². The number of carbonyl (C=O) groups is 1. The molecular formula is C19H27N3O3S. The molecule has 1 aromatic rings. The fourth-order valence-electron chi connectivity index (χ4n) is 2.66. The van der Waals surface area contributed by atoms with E-state index < -0.39 is 0 Å². The van der Waals surface area contributed by atoms with E-state index in [1.807, 2.05) is 18.2 Å². The topological polar surface area (TPSA) is 72.3 Å². The molecule has 1 atom stereocenters. The number of hydrogen-bond acceptors (Lipinski definition) is 6. The van der Waals surface area contributed by atoms with Gasteiger partial charge >= 0.3 is 0 Å². The van der Waals surface area contributed by atoms with Crippen molar-refractivity contribution in [1.82, 2.24) is 5.32 Å². The summed E-state index contributed by atoms with van der Waals surface area (Å²) in [4.78, 5) is 12.0. The Labute approximate surface area is 159 Å². The van der Waals surface area contributed by atoms with Gasteiger partial charge in [0.15, 0.2) is 16.7 Å². The van der Waals surface area contributed by atoms with Gasteiger partial charge in [0, 0.05) is 0 Å². The van der Waals surface area contributed by atoms with E-state index in [1.54, 1.807) is 20.4 Å². The minimum atomic E-state index is -0.0494. The van der Waals surface area contributed by atoms with Crippen molar-refractivity contribution in [1.29, 1.82) is 0 Å². The summed E-state index contributed by atoms with van der Waals surface area (Å²) in [5.41, 5.74) is 0.841. The van der Waals surface area contributed by atoms with Crippen LogP contribution in [0.1, 0.15) is 51.0 Å². The standard InChI is InChI=1S/C19H27N3O3S/c1-4-5-6-7-8-9-17-18(23)21-19(26-17)22-20-13-14-10-11-15(24-2)16(12-14)25-3/h10-13,17H,4-9H2,1-3H3,(H,21,22,23)/b20-13+. The van der Waals surface area contributed by atoms with Crippen LogP contribution in [0.25, 0.3) is 0 Å². The molecule has 1 N–H and O–H groups in total. The average molecular weight is 378 g/mol. The highest BCUT2D eigenvalue weighted by atomic mass is 32.2. The van der Waals surface area contributed by atoms with Crippen molar-refractivity contribution in [3.63, 3.8) is 0 Å². The van der Waals surface area contributed by atoms with E-state index in [1.165, 1.54) is 37.4 Å². The first-order chi connectivity index (χ1) is 12.7. The summed E-state index contributed by atoms with van der Waals surface area (Å²) >= 11 is 1.46. The molecule has 1 heterocycles. The van der Waals surface area contributed by atoms with Gasteiger partial charge in [-0.25, -0.2) is 0 Å². The Kier molecular flexibility index (Phi) is 8.47. The van der Waals surface area contributed by atoms with Crippen LogP contribution in [0.4, 0.5) is 0 Å². The van der Waals surface area contributed by atoms with Crippen LogP contribution in [0.15, 0.2) is 28.4 Å². The van der Waals surface area contributed by atoms with Gasteiger partial charge in [-0.05, 0) is 30.2 Å². The zero-order valence-electron chi connectivity index (χ0n) is 15.7. The third-order valence-electron chi connectivity index (χ3n) is 4.11. The number of ether oxygens (including phenoxy) is 2. The normalized spacial score (nSPS) is 18.5.